The number of nitrogens with one attached hydrogen (secondary N) is 1. The molecule has 0 bridgehead atoms. The predicted molar refractivity (Wildman–Crippen MR) is 96.2 cm³/mol. The second kappa shape index (κ2) is 7.94. The van der Waals surface area contributed by atoms with Crippen molar-refractivity contribution in [3.63, 3.8) is 0 Å². The van der Waals surface area contributed by atoms with E-state index in [0.29, 0.717) is 6.42 Å². The molecule has 3 rings (SSSR count). The minimum atomic E-state index is -0.778. The minimum absolute atomic E-state index is 0.0424. The number of nitrogens with zero attached hydrogens (tertiary/aromatic N) is 4. The first kappa shape index (κ1) is 19.1. The first-order valence-electron chi connectivity index (χ1n) is 8.60. The third-order valence-corrected chi connectivity index (χ3v) is 3.60. The van der Waals surface area contributed by atoms with Crippen LogP contribution in [0.5, 0.6) is 0 Å². The summed E-state index contributed by atoms with van der Waals surface area (Å²) in [7, 11) is 1.72. The average molecular weight is 389 g/mol. The predicted octanol–water partition coefficient (Wildman–Crippen LogP) is 2.19. The van der Waals surface area contributed by atoms with E-state index in [2.05, 4.69) is 15.4 Å². The fourth-order valence-corrected chi connectivity index (χ4v) is 2.38. The monoisotopic (exact) mass is 389 g/mol. The highest BCUT2D eigenvalue weighted by Crippen LogP contribution is 2.28. The van der Waals surface area contributed by atoms with Gasteiger partial charge in [0.1, 0.15) is 11.2 Å². The van der Waals surface area contributed by atoms with Gasteiger partial charge in [-0.25, -0.2) is 14.6 Å². The highest BCUT2D eigenvalue weighted by atomic mass is 16.6. The van der Waals surface area contributed by atoms with Gasteiger partial charge in [0, 0.05) is 19.3 Å². The molecule has 148 valence electrons. The Morgan fingerprint density at radius 3 is 2.68 bits per heavy atom. The lowest BCUT2D eigenvalue weighted by Crippen LogP contribution is -2.17. The van der Waals surface area contributed by atoms with E-state index in [-0.39, 0.29) is 41.6 Å². The van der Waals surface area contributed by atoms with Crippen molar-refractivity contribution in [2.45, 2.75) is 20.3 Å². The van der Waals surface area contributed by atoms with Crippen LogP contribution in [0, 0.1) is 0 Å². The van der Waals surface area contributed by atoms with Crippen molar-refractivity contribution in [2.75, 3.05) is 18.5 Å². The number of aromatic nitrogens is 4. The standard InChI is InChI=1S/C17H19N5O6/c1-4-6-27-16(24)12-7-11-13(28-12)14(20-22(11)17(25)26-5-2)19-15(23)10-8-21(3)9-18-10/h7-9H,4-6H2,1-3H3,(H,19,20,23). The average Bonchev–Trinajstić information content (AvgIpc) is 3.36. The number of aryl methyl sites for hydroxylation is 1. The molecule has 0 unspecified atom stereocenters. The summed E-state index contributed by atoms with van der Waals surface area (Å²) in [6, 6.07) is 1.31. The maximum Gasteiger partial charge on any atom is 0.435 e. The van der Waals surface area contributed by atoms with E-state index in [0.717, 1.165) is 4.68 Å². The fourth-order valence-electron chi connectivity index (χ4n) is 2.38. The molecule has 0 atom stereocenters. The molecule has 1 amide bonds. The number of furan rings is 1. The van der Waals surface area contributed by atoms with E-state index in [1.807, 2.05) is 6.92 Å². The first-order chi connectivity index (χ1) is 13.4. The number of imidazole rings is 1. The molecule has 0 aliphatic heterocycles. The molecule has 0 aromatic carbocycles. The van der Waals surface area contributed by atoms with E-state index in [1.54, 1.807) is 18.5 Å². The van der Waals surface area contributed by atoms with Gasteiger partial charge in [-0.15, -0.1) is 5.10 Å². The summed E-state index contributed by atoms with van der Waals surface area (Å²) in [5, 5.41) is 6.56. The van der Waals surface area contributed by atoms with Crippen molar-refractivity contribution < 1.29 is 28.3 Å². The second-order valence-electron chi connectivity index (χ2n) is 5.80. The maximum atomic E-state index is 12.4. The van der Waals surface area contributed by atoms with Gasteiger partial charge in [0.2, 0.25) is 5.76 Å². The lowest BCUT2D eigenvalue weighted by Gasteiger charge is -2.02. The van der Waals surface area contributed by atoms with Crippen LogP contribution in [0.3, 0.4) is 0 Å². The molecule has 0 saturated heterocycles. The van der Waals surface area contributed by atoms with Crippen LogP contribution in [-0.4, -0.2) is 50.5 Å². The topological polar surface area (TPSA) is 130 Å². The fraction of sp³-hybridized carbons (Fsp3) is 0.353. The number of amides is 1. The van der Waals surface area contributed by atoms with Gasteiger partial charge in [-0.05, 0) is 13.3 Å². The van der Waals surface area contributed by atoms with E-state index < -0.39 is 18.0 Å². The summed E-state index contributed by atoms with van der Waals surface area (Å²) in [5.41, 5.74) is 0.356. The highest BCUT2D eigenvalue weighted by Gasteiger charge is 2.25. The molecule has 1 N–H and O–H groups in total. The zero-order chi connectivity index (χ0) is 20.3. The smallest absolute Gasteiger partial charge is 0.435 e. The summed E-state index contributed by atoms with van der Waals surface area (Å²) in [5.74, 6) is -1.40. The number of anilines is 1. The number of hydrogen-bond donors (Lipinski definition) is 1. The Morgan fingerprint density at radius 2 is 2.04 bits per heavy atom. The van der Waals surface area contributed by atoms with E-state index >= 15 is 0 Å². The number of esters is 1. The Bertz CT molecular complexity index is 1030. The third kappa shape index (κ3) is 3.72. The number of carbonyl (C=O) groups is 3. The molecular weight excluding hydrogens is 370 g/mol. The Hall–Kier alpha value is -3.63. The summed E-state index contributed by atoms with van der Waals surface area (Å²) >= 11 is 0. The van der Waals surface area contributed by atoms with Gasteiger partial charge >= 0.3 is 12.1 Å². The molecular formula is C17H19N5O6. The molecule has 3 aromatic heterocycles. The molecule has 0 spiro atoms. The molecule has 28 heavy (non-hydrogen) atoms. The van der Waals surface area contributed by atoms with Crippen molar-refractivity contribution in [3.8, 4) is 0 Å². The zero-order valence-corrected chi connectivity index (χ0v) is 15.6. The summed E-state index contributed by atoms with van der Waals surface area (Å²) < 4.78 is 18.0. The SMILES string of the molecule is CCCOC(=O)c1cc2c(o1)c(NC(=O)c1cn(C)cn1)nn2C(=O)OCC. The third-order valence-electron chi connectivity index (χ3n) is 3.60. The molecule has 0 fully saturated rings. The summed E-state index contributed by atoms with van der Waals surface area (Å²) in [6.07, 6.45) is 2.86. The molecule has 0 saturated carbocycles. The van der Waals surface area contributed by atoms with Gasteiger partial charge in [0.25, 0.3) is 5.91 Å². The molecule has 11 heteroatoms. The molecule has 0 aliphatic rings. The van der Waals surface area contributed by atoms with Crippen LogP contribution in [0.4, 0.5) is 10.6 Å². The van der Waals surface area contributed by atoms with E-state index in [9.17, 15) is 14.4 Å². The molecule has 0 radical (unpaired) electrons. The number of carbonyl (C=O) groups excluding carboxylic acids is 3. The van der Waals surface area contributed by atoms with Crippen LogP contribution >= 0.6 is 0 Å². The second-order valence-corrected chi connectivity index (χ2v) is 5.80. The molecule has 11 nitrogen and oxygen atoms in total. The van der Waals surface area contributed by atoms with Crippen LogP contribution < -0.4 is 5.32 Å². The van der Waals surface area contributed by atoms with Crippen LogP contribution in [0.25, 0.3) is 11.1 Å². The van der Waals surface area contributed by atoms with Crippen molar-refractivity contribution in [1.29, 1.82) is 0 Å². The normalized spacial score (nSPS) is 10.8. The van der Waals surface area contributed by atoms with E-state index in [4.69, 9.17) is 13.9 Å². The van der Waals surface area contributed by atoms with Gasteiger partial charge in [-0.2, -0.15) is 4.68 Å². The minimum Gasteiger partial charge on any atom is -0.460 e. The number of rotatable bonds is 6. The Balaban J connectivity index is 1.98. The van der Waals surface area contributed by atoms with Gasteiger partial charge in [0.15, 0.2) is 11.4 Å². The first-order valence-corrected chi connectivity index (χ1v) is 8.60. The Labute approximate surface area is 159 Å². The van der Waals surface area contributed by atoms with Gasteiger partial charge in [-0.3, -0.25) is 4.79 Å². The quantitative estimate of drug-likeness (QED) is 0.635. The molecule has 3 aromatic rings. The number of hydrogen-bond acceptors (Lipinski definition) is 8. The Kier molecular flexibility index (Phi) is 5.43. The van der Waals surface area contributed by atoms with Crippen molar-refractivity contribution in [3.05, 3.63) is 30.0 Å². The van der Waals surface area contributed by atoms with Crippen LogP contribution in [0.1, 0.15) is 41.3 Å². The molecule has 3 heterocycles. The van der Waals surface area contributed by atoms with Gasteiger partial charge in [-0.1, -0.05) is 6.92 Å². The van der Waals surface area contributed by atoms with Crippen molar-refractivity contribution in [2.24, 2.45) is 7.05 Å². The van der Waals surface area contributed by atoms with Crippen LogP contribution in [0.15, 0.2) is 23.0 Å². The lowest BCUT2D eigenvalue weighted by atomic mass is 10.4. The highest BCUT2D eigenvalue weighted by molar-refractivity contribution is 6.07. The van der Waals surface area contributed by atoms with Crippen LogP contribution in [0.2, 0.25) is 0 Å². The Morgan fingerprint density at radius 1 is 1.25 bits per heavy atom. The zero-order valence-electron chi connectivity index (χ0n) is 15.6. The van der Waals surface area contributed by atoms with Crippen molar-refractivity contribution in [1.82, 2.24) is 19.3 Å². The molecule has 0 aliphatic carbocycles. The number of ether oxygens (including phenoxy) is 2. The van der Waals surface area contributed by atoms with Gasteiger partial charge < -0.3 is 23.8 Å². The maximum absolute atomic E-state index is 12.4. The van der Waals surface area contributed by atoms with E-state index in [1.165, 1.54) is 18.6 Å². The number of fused-ring (bicyclic) bond motifs is 1. The van der Waals surface area contributed by atoms with Gasteiger partial charge in [0.05, 0.1) is 19.5 Å². The van der Waals surface area contributed by atoms with Crippen LogP contribution in [-0.2, 0) is 16.5 Å². The largest absolute Gasteiger partial charge is 0.460 e. The lowest BCUT2D eigenvalue weighted by molar-refractivity contribution is 0.0471. The van der Waals surface area contributed by atoms with Crippen molar-refractivity contribution >= 4 is 34.9 Å². The summed E-state index contributed by atoms with van der Waals surface area (Å²) in [4.78, 5) is 40.6. The summed E-state index contributed by atoms with van der Waals surface area (Å²) in [6.45, 7) is 3.85.